The van der Waals surface area contributed by atoms with E-state index < -0.39 is 0 Å². The Morgan fingerprint density at radius 3 is 2.00 bits per heavy atom. The Bertz CT molecular complexity index is 410. The topological polar surface area (TPSA) is 35.6 Å². The maximum atomic E-state index is 12.5. The minimum absolute atomic E-state index is 0.155. The monoisotopic (exact) mass is 293 g/mol. The van der Waals surface area contributed by atoms with Gasteiger partial charge in [-0.25, -0.2) is 4.79 Å². The standard InChI is InChI=1S/C17H31N3O/c1-13(2)16-10-17(11-16,12-16)18-14(21)19-6-8-20(9-7-19)15(3,4)5/h13H,6-12H2,1-5H3,(H,18,21). The molecule has 0 aromatic rings. The van der Waals surface area contributed by atoms with Crippen molar-refractivity contribution >= 4 is 6.03 Å². The molecule has 2 bridgehead atoms. The number of hydrogen-bond donors (Lipinski definition) is 1. The molecule has 1 N–H and O–H groups in total. The van der Waals surface area contributed by atoms with Gasteiger partial charge in [0, 0.05) is 37.3 Å². The lowest BCUT2D eigenvalue weighted by Crippen LogP contribution is -2.77. The van der Waals surface area contributed by atoms with Crippen molar-refractivity contribution in [1.29, 1.82) is 0 Å². The van der Waals surface area contributed by atoms with Crippen LogP contribution in [0.3, 0.4) is 0 Å². The molecule has 4 heteroatoms. The summed E-state index contributed by atoms with van der Waals surface area (Å²) in [4.78, 5) is 16.9. The molecule has 0 unspecified atom stereocenters. The van der Waals surface area contributed by atoms with Gasteiger partial charge in [-0.2, -0.15) is 0 Å². The van der Waals surface area contributed by atoms with E-state index in [2.05, 4.69) is 44.8 Å². The fraction of sp³-hybridized carbons (Fsp3) is 0.941. The number of piperazine rings is 1. The molecule has 0 aromatic carbocycles. The van der Waals surface area contributed by atoms with Gasteiger partial charge < -0.3 is 10.2 Å². The summed E-state index contributed by atoms with van der Waals surface area (Å²) in [5.74, 6) is 0.756. The highest BCUT2D eigenvalue weighted by atomic mass is 16.2. The zero-order valence-corrected chi connectivity index (χ0v) is 14.3. The van der Waals surface area contributed by atoms with E-state index in [1.807, 2.05) is 4.90 Å². The molecule has 1 heterocycles. The van der Waals surface area contributed by atoms with Crippen LogP contribution in [0.1, 0.15) is 53.9 Å². The molecule has 120 valence electrons. The number of carbonyl (C=O) groups excluding carboxylic acids is 1. The van der Waals surface area contributed by atoms with Crippen molar-refractivity contribution in [1.82, 2.24) is 15.1 Å². The number of nitrogens with one attached hydrogen (secondary N) is 1. The van der Waals surface area contributed by atoms with E-state index in [0.29, 0.717) is 5.41 Å². The predicted molar refractivity (Wildman–Crippen MR) is 85.3 cm³/mol. The van der Waals surface area contributed by atoms with Crippen molar-refractivity contribution < 1.29 is 4.79 Å². The van der Waals surface area contributed by atoms with Crippen LogP contribution in [0.2, 0.25) is 0 Å². The van der Waals surface area contributed by atoms with Gasteiger partial charge in [0.25, 0.3) is 0 Å². The van der Waals surface area contributed by atoms with Crippen LogP contribution in [0.5, 0.6) is 0 Å². The molecule has 0 aromatic heterocycles. The van der Waals surface area contributed by atoms with E-state index >= 15 is 0 Å². The average molecular weight is 293 g/mol. The summed E-state index contributed by atoms with van der Waals surface area (Å²) in [7, 11) is 0. The normalized spacial score (nSPS) is 36.2. The molecular weight excluding hydrogens is 262 g/mol. The highest BCUT2D eigenvalue weighted by Crippen LogP contribution is 2.70. The summed E-state index contributed by atoms with van der Waals surface area (Å²) in [6, 6.07) is 0.167. The van der Waals surface area contributed by atoms with Crippen molar-refractivity contribution in [3.8, 4) is 0 Å². The lowest BCUT2D eigenvalue weighted by molar-refractivity contribution is -0.177. The molecule has 3 saturated carbocycles. The van der Waals surface area contributed by atoms with Crippen LogP contribution < -0.4 is 5.32 Å². The molecule has 0 radical (unpaired) electrons. The van der Waals surface area contributed by atoms with Gasteiger partial charge in [-0.15, -0.1) is 0 Å². The molecule has 4 rings (SSSR count). The first-order valence-corrected chi connectivity index (χ1v) is 8.48. The van der Waals surface area contributed by atoms with Crippen molar-refractivity contribution in [2.24, 2.45) is 11.3 Å². The Balaban J connectivity index is 1.47. The summed E-state index contributed by atoms with van der Waals surface area (Å²) in [5, 5.41) is 3.33. The fourth-order valence-electron chi connectivity index (χ4n) is 4.50. The highest BCUT2D eigenvalue weighted by Gasteiger charge is 2.69. The van der Waals surface area contributed by atoms with E-state index in [0.717, 1.165) is 32.1 Å². The molecule has 4 nitrogen and oxygen atoms in total. The van der Waals surface area contributed by atoms with E-state index in [1.165, 1.54) is 19.3 Å². The molecule has 2 amide bonds. The van der Waals surface area contributed by atoms with E-state index in [4.69, 9.17) is 0 Å². The number of amides is 2. The summed E-state index contributed by atoms with van der Waals surface area (Å²) < 4.78 is 0. The van der Waals surface area contributed by atoms with Crippen LogP contribution in [0.25, 0.3) is 0 Å². The van der Waals surface area contributed by atoms with Gasteiger partial charge in [0.2, 0.25) is 0 Å². The van der Waals surface area contributed by atoms with Crippen molar-refractivity contribution in [3.05, 3.63) is 0 Å². The summed E-state index contributed by atoms with van der Waals surface area (Å²) in [6.45, 7) is 15.1. The minimum atomic E-state index is 0.155. The molecule has 21 heavy (non-hydrogen) atoms. The number of rotatable bonds is 2. The SMILES string of the molecule is CC(C)C12CC(NC(=O)N3CCN(C(C)(C)C)CC3)(C1)C2. The van der Waals surface area contributed by atoms with Gasteiger partial charge in [0.05, 0.1) is 0 Å². The lowest BCUT2D eigenvalue weighted by atomic mass is 9.36. The third kappa shape index (κ3) is 2.45. The Morgan fingerprint density at radius 2 is 1.57 bits per heavy atom. The van der Waals surface area contributed by atoms with Crippen LogP contribution in [-0.4, -0.2) is 53.1 Å². The number of carbonyl (C=O) groups is 1. The third-order valence-electron chi connectivity index (χ3n) is 6.18. The minimum Gasteiger partial charge on any atom is -0.332 e. The fourth-order valence-corrected chi connectivity index (χ4v) is 4.50. The van der Waals surface area contributed by atoms with Crippen LogP contribution in [-0.2, 0) is 0 Å². The van der Waals surface area contributed by atoms with Gasteiger partial charge in [-0.3, -0.25) is 4.90 Å². The van der Waals surface area contributed by atoms with E-state index in [9.17, 15) is 4.79 Å². The zero-order chi connectivity index (χ0) is 15.5. The maximum Gasteiger partial charge on any atom is 0.317 e. The maximum absolute atomic E-state index is 12.5. The number of nitrogens with zero attached hydrogens (tertiary/aromatic N) is 2. The summed E-state index contributed by atoms with van der Waals surface area (Å²) in [5.41, 5.74) is 0.917. The molecule has 4 aliphatic rings. The van der Waals surface area contributed by atoms with Crippen LogP contribution in [0, 0.1) is 11.3 Å². The van der Waals surface area contributed by atoms with Gasteiger partial charge in [0.15, 0.2) is 0 Å². The van der Waals surface area contributed by atoms with Gasteiger partial charge in [0.1, 0.15) is 0 Å². The van der Waals surface area contributed by atoms with Crippen molar-refractivity contribution in [3.63, 3.8) is 0 Å². The smallest absolute Gasteiger partial charge is 0.317 e. The first-order chi connectivity index (χ1) is 9.66. The van der Waals surface area contributed by atoms with Gasteiger partial charge in [-0.05, 0) is 51.4 Å². The number of urea groups is 1. The Morgan fingerprint density at radius 1 is 1.05 bits per heavy atom. The van der Waals surface area contributed by atoms with E-state index in [-0.39, 0.29) is 17.1 Å². The molecular formula is C17H31N3O. The molecule has 0 spiro atoms. The molecule has 0 atom stereocenters. The first-order valence-electron chi connectivity index (χ1n) is 8.48. The van der Waals surface area contributed by atoms with Crippen molar-refractivity contribution in [2.45, 2.75) is 65.0 Å². The summed E-state index contributed by atoms with van der Waals surface area (Å²) >= 11 is 0. The molecule has 4 fully saturated rings. The lowest BCUT2D eigenvalue weighted by Gasteiger charge is -2.72. The zero-order valence-electron chi connectivity index (χ0n) is 14.3. The van der Waals surface area contributed by atoms with Crippen LogP contribution in [0.4, 0.5) is 4.79 Å². The molecule has 1 aliphatic heterocycles. The quantitative estimate of drug-likeness (QED) is 0.849. The Hall–Kier alpha value is -0.770. The Labute approximate surface area is 129 Å². The summed E-state index contributed by atoms with van der Waals surface area (Å²) in [6.07, 6.45) is 3.60. The third-order valence-corrected chi connectivity index (χ3v) is 6.18. The molecule has 3 aliphatic carbocycles. The van der Waals surface area contributed by atoms with Gasteiger partial charge >= 0.3 is 6.03 Å². The van der Waals surface area contributed by atoms with Gasteiger partial charge in [-0.1, -0.05) is 13.8 Å². The second-order valence-corrected chi connectivity index (χ2v) is 8.90. The van der Waals surface area contributed by atoms with Crippen molar-refractivity contribution in [2.75, 3.05) is 26.2 Å². The second-order valence-electron chi connectivity index (χ2n) is 8.90. The molecule has 1 saturated heterocycles. The average Bonchev–Trinajstić information content (AvgIpc) is 2.30. The Kier molecular flexibility index (Phi) is 3.32. The first kappa shape index (κ1) is 15.1. The second kappa shape index (κ2) is 4.61. The van der Waals surface area contributed by atoms with Crippen LogP contribution in [0.15, 0.2) is 0 Å². The van der Waals surface area contributed by atoms with E-state index in [1.54, 1.807) is 0 Å². The predicted octanol–water partition coefficient (Wildman–Crippen LogP) is 2.69. The van der Waals surface area contributed by atoms with Crippen LogP contribution >= 0.6 is 0 Å². The largest absolute Gasteiger partial charge is 0.332 e. The highest BCUT2D eigenvalue weighted by molar-refractivity contribution is 5.76. The number of hydrogen-bond acceptors (Lipinski definition) is 2.